The van der Waals surface area contributed by atoms with Gasteiger partial charge in [-0.1, -0.05) is 32.9 Å². The van der Waals surface area contributed by atoms with Gasteiger partial charge in [-0.3, -0.25) is 14.4 Å². The summed E-state index contributed by atoms with van der Waals surface area (Å²) in [6.45, 7) is 9.44. The zero-order valence-electron chi connectivity index (χ0n) is 18.8. The van der Waals surface area contributed by atoms with E-state index in [2.05, 4.69) is 20.8 Å². The molecule has 0 atom stereocenters. The summed E-state index contributed by atoms with van der Waals surface area (Å²) >= 11 is 0. The molecule has 0 radical (unpaired) electrons. The number of ether oxygens (including phenoxy) is 2. The van der Waals surface area contributed by atoms with Gasteiger partial charge >= 0.3 is 5.97 Å². The molecule has 7 heteroatoms. The van der Waals surface area contributed by atoms with Crippen molar-refractivity contribution >= 4 is 17.8 Å². The fourth-order valence-corrected chi connectivity index (χ4v) is 3.32. The maximum Gasteiger partial charge on any atom is 0.309 e. The zero-order chi connectivity index (χ0) is 22.3. The summed E-state index contributed by atoms with van der Waals surface area (Å²) in [4.78, 5) is 39.7. The molecule has 166 valence electrons. The molecule has 1 aliphatic heterocycles. The van der Waals surface area contributed by atoms with E-state index in [0.717, 1.165) is 0 Å². The lowest BCUT2D eigenvalue weighted by atomic mass is 9.87. The Morgan fingerprint density at radius 3 is 2.23 bits per heavy atom. The molecule has 0 aliphatic carbocycles. The molecular formula is C23H34N2O5. The molecule has 0 bridgehead atoms. The predicted octanol–water partition coefficient (Wildman–Crippen LogP) is 2.62. The van der Waals surface area contributed by atoms with E-state index >= 15 is 0 Å². The quantitative estimate of drug-likeness (QED) is 0.636. The Kier molecular flexibility index (Phi) is 8.26. The molecule has 30 heavy (non-hydrogen) atoms. The second-order valence-electron chi connectivity index (χ2n) is 8.72. The summed E-state index contributed by atoms with van der Waals surface area (Å²) < 4.78 is 10.6. The van der Waals surface area contributed by atoms with Gasteiger partial charge < -0.3 is 19.3 Å². The van der Waals surface area contributed by atoms with Crippen molar-refractivity contribution in [3.05, 3.63) is 29.8 Å². The number of likely N-dealkylation sites (tertiary alicyclic amines) is 1. The van der Waals surface area contributed by atoms with Gasteiger partial charge in [0.15, 0.2) is 6.61 Å². The molecule has 0 N–H and O–H groups in total. The van der Waals surface area contributed by atoms with Gasteiger partial charge in [-0.2, -0.15) is 0 Å². The number of likely N-dealkylation sites (N-methyl/N-ethyl adjacent to an activating group) is 1. The minimum Gasteiger partial charge on any atom is -0.484 e. The van der Waals surface area contributed by atoms with Gasteiger partial charge in [-0.05, 0) is 42.9 Å². The monoisotopic (exact) mass is 418 g/mol. The van der Waals surface area contributed by atoms with Gasteiger partial charge in [0, 0.05) is 20.1 Å². The Hall–Kier alpha value is -2.57. The normalized spacial score (nSPS) is 14.9. The Morgan fingerprint density at radius 1 is 1.10 bits per heavy atom. The topological polar surface area (TPSA) is 76.2 Å². The number of benzene rings is 1. The minimum absolute atomic E-state index is 0.00473. The van der Waals surface area contributed by atoms with Crippen LogP contribution in [0.5, 0.6) is 5.75 Å². The number of hydrogen-bond acceptors (Lipinski definition) is 5. The molecule has 1 aliphatic rings. The van der Waals surface area contributed by atoms with Crippen LogP contribution in [0.1, 0.15) is 46.1 Å². The third-order valence-electron chi connectivity index (χ3n) is 5.35. The molecule has 1 heterocycles. The lowest BCUT2D eigenvalue weighted by molar-refractivity contribution is -0.151. The molecule has 0 aromatic heterocycles. The lowest BCUT2D eigenvalue weighted by Crippen LogP contribution is -2.46. The molecule has 0 unspecified atom stereocenters. The number of hydrogen-bond donors (Lipinski definition) is 0. The lowest BCUT2D eigenvalue weighted by Gasteiger charge is -2.32. The van der Waals surface area contributed by atoms with Gasteiger partial charge in [0.25, 0.3) is 5.91 Å². The van der Waals surface area contributed by atoms with Crippen LogP contribution in [0.4, 0.5) is 0 Å². The first-order valence-corrected chi connectivity index (χ1v) is 10.5. The number of carbonyl (C=O) groups is 3. The molecule has 1 fully saturated rings. The zero-order valence-corrected chi connectivity index (χ0v) is 18.8. The highest BCUT2D eigenvalue weighted by Gasteiger charge is 2.29. The van der Waals surface area contributed by atoms with Crippen molar-refractivity contribution < 1.29 is 23.9 Å². The number of esters is 1. The molecule has 7 nitrogen and oxygen atoms in total. The highest BCUT2D eigenvalue weighted by molar-refractivity contribution is 5.85. The third-order valence-corrected chi connectivity index (χ3v) is 5.35. The SMILES string of the molecule is CCOC(=O)C1CCN(C(=O)CN(C)C(=O)COc2ccc(C(C)(C)C)cc2)CC1. The number of carbonyl (C=O) groups excluding carboxylic acids is 3. The summed E-state index contributed by atoms with van der Waals surface area (Å²) in [5.74, 6) is -0.0968. The average Bonchev–Trinajstić information content (AvgIpc) is 2.71. The van der Waals surface area contributed by atoms with Crippen LogP contribution in [0.2, 0.25) is 0 Å². The summed E-state index contributed by atoms with van der Waals surface area (Å²) in [7, 11) is 1.59. The smallest absolute Gasteiger partial charge is 0.309 e. The first-order valence-electron chi connectivity index (χ1n) is 10.5. The van der Waals surface area contributed by atoms with Crippen LogP contribution in [0.3, 0.4) is 0 Å². The maximum atomic E-state index is 12.5. The van der Waals surface area contributed by atoms with E-state index in [0.29, 0.717) is 38.3 Å². The summed E-state index contributed by atoms with van der Waals surface area (Å²) in [6, 6.07) is 7.69. The van der Waals surface area contributed by atoms with Crippen molar-refractivity contribution in [2.24, 2.45) is 5.92 Å². The fourth-order valence-electron chi connectivity index (χ4n) is 3.32. The van der Waals surface area contributed by atoms with Crippen LogP contribution >= 0.6 is 0 Å². The van der Waals surface area contributed by atoms with E-state index in [1.807, 2.05) is 24.3 Å². The first-order chi connectivity index (χ1) is 14.1. The van der Waals surface area contributed by atoms with Crippen molar-refractivity contribution in [3.63, 3.8) is 0 Å². The maximum absolute atomic E-state index is 12.5. The molecule has 1 aromatic rings. The molecule has 2 amide bonds. The molecular weight excluding hydrogens is 384 g/mol. The van der Waals surface area contributed by atoms with E-state index in [1.165, 1.54) is 10.5 Å². The van der Waals surface area contributed by atoms with Crippen LogP contribution in [-0.4, -0.2) is 67.5 Å². The van der Waals surface area contributed by atoms with E-state index < -0.39 is 0 Å². The number of piperidine rings is 1. The summed E-state index contributed by atoms with van der Waals surface area (Å²) in [5, 5.41) is 0. The Balaban J connectivity index is 1.76. The van der Waals surface area contributed by atoms with E-state index in [1.54, 1.807) is 18.9 Å². The molecule has 2 rings (SSSR count). The van der Waals surface area contributed by atoms with Gasteiger partial charge in [0.1, 0.15) is 5.75 Å². The van der Waals surface area contributed by atoms with Crippen LogP contribution in [0, 0.1) is 5.92 Å². The third kappa shape index (κ3) is 6.75. The first kappa shape index (κ1) is 23.7. The van der Waals surface area contributed by atoms with Crippen LogP contribution in [0.25, 0.3) is 0 Å². The van der Waals surface area contributed by atoms with Crippen LogP contribution < -0.4 is 4.74 Å². The Morgan fingerprint density at radius 2 is 1.70 bits per heavy atom. The second-order valence-corrected chi connectivity index (χ2v) is 8.72. The van der Waals surface area contributed by atoms with Gasteiger partial charge in [-0.25, -0.2) is 0 Å². The molecule has 0 saturated carbocycles. The number of nitrogens with zero attached hydrogens (tertiary/aromatic N) is 2. The predicted molar refractivity (Wildman–Crippen MR) is 114 cm³/mol. The molecule has 0 spiro atoms. The van der Waals surface area contributed by atoms with Crippen LogP contribution in [-0.2, 0) is 24.5 Å². The van der Waals surface area contributed by atoms with Gasteiger partial charge in [0.2, 0.25) is 5.91 Å². The van der Waals surface area contributed by atoms with Gasteiger partial charge in [-0.15, -0.1) is 0 Å². The fraction of sp³-hybridized carbons (Fsp3) is 0.609. The van der Waals surface area contributed by atoms with E-state index in [-0.39, 0.29) is 42.3 Å². The standard InChI is InChI=1S/C23H34N2O5/c1-6-29-22(28)17-11-13-25(14-12-17)20(26)15-24(5)21(27)16-30-19-9-7-18(8-10-19)23(2,3)4/h7-10,17H,6,11-16H2,1-5H3. The summed E-state index contributed by atoms with van der Waals surface area (Å²) in [5.41, 5.74) is 1.25. The van der Waals surface area contributed by atoms with E-state index in [9.17, 15) is 14.4 Å². The van der Waals surface area contributed by atoms with Crippen molar-refractivity contribution in [1.82, 2.24) is 9.80 Å². The molecule has 1 saturated heterocycles. The highest BCUT2D eigenvalue weighted by Crippen LogP contribution is 2.24. The van der Waals surface area contributed by atoms with E-state index in [4.69, 9.17) is 9.47 Å². The average molecular weight is 419 g/mol. The Labute approximate surface area is 179 Å². The van der Waals surface area contributed by atoms with Crippen molar-refractivity contribution in [3.8, 4) is 5.75 Å². The number of amides is 2. The van der Waals surface area contributed by atoms with Crippen molar-refractivity contribution in [2.75, 3.05) is 39.9 Å². The molecule has 1 aromatic carbocycles. The Bertz CT molecular complexity index is 731. The second kappa shape index (κ2) is 10.5. The highest BCUT2D eigenvalue weighted by atomic mass is 16.5. The van der Waals surface area contributed by atoms with Gasteiger partial charge in [0.05, 0.1) is 19.1 Å². The largest absolute Gasteiger partial charge is 0.484 e. The minimum atomic E-state index is -0.260. The number of rotatable bonds is 7. The van der Waals surface area contributed by atoms with Crippen LogP contribution in [0.15, 0.2) is 24.3 Å². The summed E-state index contributed by atoms with van der Waals surface area (Å²) in [6.07, 6.45) is 1.19. The van der Waals surface area contributed by atoms with Crippen molar-refractivity contribution in [1.29, 1.82) is 0 Å². The van der Waals surface area contributed by atoms with Crippen molar-refractivity contribution in [2.45, 2.75) is 46.0 Å².